The van der Waals surface area contributed by atoms with Gasteiger partial charge in [-0.1, -0.05) is 32.9 Å². The molecular weight excluding hydrogens is 148 g/mol. The summed E-state index contributed by atoms with van der Waals surface area (Å²) in [7, 11) is -2.37. The van der Waals surface area contributed by atoms with Gasteiger partial charge in [-0.15, -0.1) is 0 Å². The van der Waals surface area contributed by atoms with Crippen LogP contribution in [0.15, 0.2) is 24.3 Å². The van der Waals surface area contributed by atoms with Crippen molar-refractivity contribution in [1.82, 2.24) is 0 Å². The molecule has 12 heavy (non-hydrogen) atoms. The van der Waals surface area contributed by atoms with Gasteiger partial charge >= 0.3 is 0 Å². The second-order valence-corrected chi connectivity index (χ2v) is 3.88. The van der Waals surface area contributed by atoms with E-state index in [0.717, 1.165) is 5.56 Å². The highest BCUT2D eigenvalue weighted by atomic mass is 16.5. The molecule has 1 aromatic rings. The molecule has 0 heterocycles. The molecule has 1 nitrogen and oxygen atoms in total. The number of hydrogen-bond acceptors (Lipinski definition) is 1. The summed E-state index contributed by atoms with van der Waals surface area (Å²) < 4.78 is 25.6. The smallest absolute Gasteiger partial charge is 0.118 e. The monoisotopic (exact) mass is 167 g/mol. The fraction of sp³-hybridized carbons (Fsp3) is 0.455. The molecule has 0 aliphatic rings. The van der Waals surface area contributed by atoms with Crippen LogP contribution < -0.4 is 4.74 Å². The second kappa shape index (κ2) is 3.18. The molecular formula is C11H16O. The molecule has 0 amide bonds. The molecule has 0 spiro atoms. The predicted octanol–water partition coefficient (Wildman–Crippen LogP) is 2.99. The summed E-state index contributed by atoms with van der Waals surface area (Å²) in [6.45, 7) is 6.31. The zero-order valence-corrected chi connectivity index (χ0v) is 7.72. The van der Waals surface area contributed by atoms with Crippen LogP contribution in [0.4, 0.5) is 0 Å². The van der Waals surface area contributed by atoms with E-state index in [1.807, 2.05) is 12.1 Å². The molecule has 0 unspecified atom stereocenters. The van der Waals surface area contributed by atoms with Crippen molar-refractivity contribution >= 4 is 0 Å². The summed E-state index contributed by atoms with van der Waals surface area (Å²) in [5.41, 5.74) is 1.22. The van der Waals surface area contributed by atoms with Crippen molar-refractivity contribution in [2.45, 2.75) is 26.2 Å². The lowest BCUT2D eigenvalue weighted by Gasteiger charge is -2.18. The number of rotatable bonds is 1. The lowest BCUT2D eigenvalue weighted by Crippen LogP contribution is -2.10. The Hall–Kier alpha value is -0.980. The highest BCUT2D eigenvalue weighted by molar-refractivity contribution is 5.30. The van der Waals surface area contributed by atoms with Gasteiger partial charge in [0.1, 0.15) is 5.75 Å². The Kier molecular flexibility index (Phi) is 1.49. The Bertz CT molecular complexity index is 319. The van der Waals surface area contributed by atoms with Gasteiger partial charge in [-0.3, -0.25) is 0 Å². The van der Waals surface area contributed by atoms with Gasteiger partial charge in [0.15, 0.2) is 0 Å². The minimum absolute atomic E-state index is 0.0680. The summed E-state index contributed by atoms with van der Waals surface area (Å²) >= 11 is 0. The molecule has 0 radical (unpaired) electrons. The minimum Gasteiger partial charge on any atom is -0.497 e. The normalized spacial score (nSPS) is 16.1. The van der Waals surface area contributed by atoms with E-state index in [9.17, 15) is 0 Å². The molecule has 1 rings (SSSR count). The van der Waals surface area contributed by atoms with Gasteiger partial charge in [0.05, 0.1) is 11.2 Å². The minimum atomic E-state index is -2.37. The quantitative estimate of drug-likeness (QED) is 0.624. The Labute approximate surface area is 78.6 Å². The summed E-state index contributed by atoms with van der Waals surface area (Å²) in [5, 5.41) is 0. The molecule has 0 atom stereocenters. The van der Waals surface area contributed by atoms with Gasteiger partial charge in [0.2, 0.25) is 0 Å². The highest BCUT2D eigenvalue weighted by Crippen LogP contribution is 2.23. The molecule has 1 aromatic carbocycles. The average Bonchev–Trinajstić information content (AvgIpc) is 2.00. The summed E-state index contributed by atoms with van der Waals surface area (Å²) in [6, 6.07) is 7.15. The Morgan fingerprint density at radius 1 is 1.17 bits per heavy atom. The SMILES string of the molecule is [2H]C([2H])([2H])Oc1ccc(C(C)(C)C)cc1. The fourth-order valence-corrected chi connectivity index (χ4v) is 1.02. The largest absolute Gasteiger partial charge is 0.497 e. The second-order valence-electron chi connectivity index (χ2n) is 3.88. The summed E-state index contributed by atoms with van der Waals surface area (Å²) in [5.74, 6) is 0.378. The van der Waals surface area contributed by atoms with Gasteiger partial charge in [0.25, 0.3) is 0 Å². The van der Waals surface area contributed by atoms with Crippen molar-refractivity contribution in [3.63, 3.8) is 0 Å². The van der Waals surface area contributed by atoms with Crippen molar-refractivity contribution in [3.8, 4) is 5.75 Å². The Morgan fingerprint density at radius 2 is 1.75 bits per heavy atom. The van der Waals surface area contributed by atoms with Crippen LogP contribution in [0.25, 0.3) is 0 Å². The van der Waals surface area contributed by atoms with Gasteiger partial charge in [-0.05, 0) is 23.1 Å². The van der Waals surface area contributed by atoms with E-state index in [1.54, 1.807) is 12.1 Å². The van der Waals surface area contributed by atoms with Crippen molar-refractivity contribution < 1.29 is 8.85 Å². The highest BCUT2D eigenvalue weighted by Gasteiger charge is 2.12. The number of benzene rings is 1. The third kappa shape index (κ3) is 2.00. The van der Waals surface area contributed by atoms with Crippen molar-refractivity contribution in [3.05, 3.63) is 29.8 Å². The maximum atomic E-state index is 6.96. The molecule has 0 aliphatic heterocycles. The lowest BCUT2D eigenvalue weighted by atomic mass is 9.87. The first-order valence-electron chi connectivity index (χ1n) is 5.48. The first kappa shape index (κ1) is 5.63. The third-order valence-electron chi connectivity index (χ3n) is 1.84. The zero-order chi connectivity index (χ0) is 11.7. The molecule has 66 valence electrons. The van der Waals surface area contributed by atoms with Gasteiger partial charge < -0.3 is 4.74 Å². The predicted molar refractivity (Wildman–Crippen MR) is 51.7 cm³/mol. The van der Waals surface area contributed by atoms with Crippen LogP contribution in [-0.4, -0.2) is 7.04 Å². The molecule has 0 saturated heterocycles. The molecule has 0 fully saturated rings. The average molecular weight is 167 g/mol. The van der Waals surface area contributed by atoms with E-state index < -0.39 is 7.04 Å². The van der Waals surface area contributed by atoms with Crippen LogP contribution in [0, 0.1) is 0 Å². The molecule has 0 saturated carbocycles. The maximum absolute atomic E-state index is 6.96. The van der Waals surface area contributed by atoms with E-state index >= 15 is 0 Å². The van der Waals surface area contributed by atoms with E-state index in [4.69, 9.17) is 8.85 Å². The Balaban J connectivity index is 2.82. The number of ether oxygens (including phenoxy) is 1. The van der Waals surface area contributed by atoms with E-state index in [1.165, 1.54) is 0 Å². The zero-order valence-electron chi connectivity index (χ0n) is 10.7. The van der Waals surface area contributed by atoms with E-state index in [2.05, 4.69) is 20.8 Å². The van der Waals surface area contributed by atoms with Gasteiger partial charge in [-0.25, -0.2) is 0 Å². The van der Waals surface area contributed by atoms with Crippen LogP contribution in [-0.2, 0) is 5.41 Å². The van der Waals surface area contributed by atoms with Crippen molar-refractivity contribution in [2.75, 3.05) is 7.04 Å². The molecule has 0 bridgehead atoms. The topological polar surface area (TPSA) is 9.23 Å². The van der Waals surface area contributed by atoms with Crippen molar-refractivity contribution in [2.24, 2.45) is 0 Å². The van der Waals surface area contributed by atoms with Crippen LogP contribution in [0.2, 0.25) is 0 Å². The van der Waals surface area contributed by atoms with Gasteiger partial charge in [-0.2, -0.15) is 0 Å². The number of methoxy groups -OCH3 is 1. The third-order valence-corrected chi connectivity index (χ3v) is 1.84. The molecule has 0 aliphatic carbocycles. The summed E-state index contributed by atoms with van der Waals surface area (Å²) in [4.78, 5) is 0. The van der Waals surface area contributed by atoms with Crippen LogP contribution in [0.5, 0.6) is 5.75 Å². The molecule has 1 heteroatoms. The van der Waals surface area contributed by atoms with Crippen LogP contribution in [0.1, 0.15) is 30.4 Å². The number of hydrogen-bond donors (Lipinski definition) is 0. The lowest BCUT2D eigenvalue weighted by molar-refractivity contribution is 0.414. The Morgan fingerprint density at radius 3 is 2.17 bits per heavy atom. The van der Waals surface area contributed by atoms with Crippen molar-refractivity contribution in [1.29, 1.82) is 0 Å². The van der Waals surface area contributed by atoms with Crippen LogP contribution in [0.3, 0.4) is 0 Å². The fourth-order valence-electron chi connectivity index (χ4n) is 1.02. The summed E-state index contributed by atoms with van der Waals surface area (Å²) in [6.07, 6.45) is 0. The standard InChI is InChI=1S/C11H16O/c1-11(2,3)9-5-7-10(12-4)8-6-9/h5-8H,1-4H3/i4D3. The van der Waals surface area contributed by atoms with Crippen LogP contribution >= 0.6 is 0 Å². The first-order chi connectivity index (χ1) is 6.68. The maximum Gasteiger partial charge on any atom is 0.118 e. The first-order valence-corrected chi connectivity index (χ1v) is 3.98. The van der Waals surface area contributed by atoms with Gasteiger partial charge in [0, 0.05) is 0 Å². The molecule has 0 N–H and O–H groups in total. The van der Waals surface area contributed by atoms with E-state index in [0.29, 0.717) is 5.75 Å². The molecule has 0 aromatic heterocycles. The van der Waals surface area contributed by atoms with E-state index in [-0.39, 0.29) is 5.41 Å².